The van der Waals surface area contributed by atoms with Crippen LogP contribution in [0.1, 0.15) is 21.5 Å². The maximum Gasteiger partial charge on any atom is 0.233 e. The van der Waals surface area contributed by atoms with Gasteiger partial charge in [0.15, 0.2) is 0 Å². The first-order valence-corrected chi connectivity index (χ1v) is 4.35. The fraction of sp³-hybridized carbons (Fsp3) is 0.167. The monoisotopic (exact) mass is 188 g/mol. The van der Waals surface area contributed by atoms with Gasteiger partial charge in [-0.15, -0.1) is 0 Å². The van der Waals surface area contributed by atoms with E-state index in [4.69, 9.17) is 0 Å². The molecule has 72 valence electrons. The van der Waals surface area contributed by atoms with Crippen molar-refractivity contribution in [3.8, 4) is 0 Å². The number of allylic oxidation sites excluding steroid dienone is 1. The molecular weight excluding hydrogens is 176 g/mol. The molecule has 0 aliphatic carbocycles. The Balaban J connectivity index is 3.20. The molecule has 2 heteroatoms. The lowest BCUT2D eigenvalue weighted by Crippen LogP contribution is -2.12. The lowest BCUT2D eigenvalue weighted by molar-refractivity contribution is -0.110. The van der Waals surface area contributed by atoms with Gasteiger partial charge in [-0.25, -0.2) is 0 Å². The molecule has 0 aliphatic rings. The van der Waals surface area contributed by atoms with Crippen LogP contribution in [-0.2, 0) is 4.79 Å². The van der Waals surface area contributed by atoms with Gasteiger partial charge in [-0.1, -0.05) is 24.8 Å². The number of ketones is 2. The summed E-state index contributed by atoms with van der Waals surface area (Å²) in [6.45, 7) is 7.03. The van der Waals surface area contributed by atoms with Crippen LogP contribution >= 0.6 is 0 Å². The number of aryl methyl sites for hydroxylation is 1. The van der Waals surface area contributed by atoms with Crippen molar-refractivity contribution in [2.24, 2.45) is 0 Å². The number of carbonyl (C=O) groups excluding carboxylic acids is 2. The Morgan fingerprint density at radius 3 is 2.50 bits per heavy atom. The lowest BCUT2D eigenvalue weighted by Gasteiger charge is -2.04. The van der Waals surface area contributed by atoms with Crippen LogP contribution in [0.15, 0.2) is 30.9 Å². The smallest absolute Gasteiger partial charge is 0.233 e. The third kappa shape index (κ3) is 1.79. The second kappa shape index (κ2) is 4.01. The van der Waals surface area contributed by atoms with Crippen molar-refractivity contribution in [3.63, 3.8) is 0 Å². The normalized spacial score (nSPS) is 9.57. The highest BCUT2D eigenvalue weighted by molar-refractivity contribution is 6.47. The minimum atomic E-state index is -0.557. The largest absolute Gasteiger partial charge is 0.286 e. The van der Waals surface area contributed by atoms with E-state index in [1.165, 1.54) is 0 Å². The van der Waals surface area contributed by atoms with E-state index in [2.05, 4.69) is 6.58 Å². The second-order valence-electron chi connectivity index (χ2n) is 3.14. The highest BCUT2D eigenvalue weighted by atomic mass is 16.2. The zero-order valence-electron chi connectivity index (χ0n) is 8.33. The zero-order chi connectivity index (χ0) is 10.7. The Kier molecular flexibility index (Phi) is 2.97. The fourth-order valence-corrected chi connectivity index (χ4v) is 1.22. The fourth-order valence-electron chi connectivity index (χ4n) is 1.22. The van der Waals surface area contributed by atoms with E-state index in [-0.39, 0.29) is 0 Å². The minimum absolute atomic E-state index is 0.468. The molecule has 0 N–H and O–H groups in total. The number of hydrogen-bond acceptors (Lipinski definition) is 2. The molecule has 0 bridgehead atoms. The first-order chi connectivity index (χ1) is 6.57. The van der Waals surface area contributed by atoms with E-state index in [1.807, 2.05) is 19.9 Å². The topological polar surface area (TPSA) is 34.1 Å². The van der Waals surface area contributed by atoms with Gasteiger partial charge in [-0.05, 0) is 31.1 Å². The Labute approximate surface area is 83.3 Å². The van der Waals surface area contributed by atoms with Gasteiger partial charge >= 0.3 is 0 Å². The molecule has 0 radical (unpaired) electrons. The lowest BCUT2D eigenvalue weighted by atomic mass is 9.98. The zero-order valence-corrected chi connectivity index (χ0v) is 8.33. The molecule has 2 nitrogen and oxygen atoms in total. The standard InChI is InChI=1S/C12H12O2/c1-4-11(13)12(14)10-7-5-6-8(2)9(10)3/h4-7H,1H2,2-3H3. The maximum atomic E-state index is 11.5. The number of carbonyl (C=O) groups is 2. The van der Waals surface area contributed by atoms with Gasteiger partial charge in [0.25, 0.3) is 0 Å². The third-order valence-electron chi connectivity index (χ3n) is 2.26. The number of hydrogen-bond donors (Lipinski definition) is 0. The SMILES string of the molecule is C=CC(=O)C(=O)c1cccc(C)c1C. The van der Waals surface area contributed by atoms with Gasteiger partial charge in [0.05, 0.1) is 0 Å². The number of benzene rings is 1. The Hall–Kier alpha value is -1.70. The van der Waals surface area contributed by atoms with E-state index >= 15 is 0 Å². The number of Topliss-reactive ketones (excluding diaryl/α,β-unsaturated/α-hetero) is 1. The molecule has 0 atom stereocenters. The quantitative estimate of drug-likeness (QED) is 0.414. The number of rotatable bonds is 3. The summed E-state index contributed by atoms with van der Waals surface area (Å²) >= 11 is 0. The Morgan fingerprint density at radius 1 is 1.29 bits per heavy atom. The predicted octanol–water partition coefficient (Wildman–Crippen LogP) is 2.24. The molecule has 0 heterocycles. The predicted molar refractivity (Wildman–Crippen MR) is 55.5 cm³/mol. The highest BCUT2D eigenvalue weighted by Crippen LogP contribution is 2.13. The van der Waals surface area contributed by atoms with E-state index in [0.717, 1.165) is 17.2 Å². The molecule has 0 fully saturated rings. The van der Waals surface area contributed by atoms with Crippen molar-refractivity contribution in [1.29, 1.82) is 0 Å². The summed E-state index contributed by atoms with van der Waals surface area (Å²) in [6.07, 6.45) is 1.05. The van der Waals surface area contributed by atoms with Gasteiger partial charge in [0.2, 0.25) is 11.6 Å². The molecule has 0 aromatic heterocycles. The first kappa shape index (κ1) is 10.4. The van der Waals surface area contributed by atoms with Crippen LogP contribution in [0.5, 0.6) is 0 Å². The van der Waals surface area contributed by atoms with Crippen molar-refractivity contribution in [2.45, 2.75) is 13.8 Å². The van der Waals surface area contributed by atoms with E-state index in [0.29, 0.717) is 5.56 Å². The van der Waals surface area contributed by atoms with Crippen LogP contribution in [0.25, 0.3) is 0 Å². The van der Waals surface area contributed by atoms with Crippen molar-refractivity contribution in [2.75, 3.05) is 0 Å². The minimum Gasteiger partial charge on any atom is -0.286 e. The Morgan fingerprint density at radius 2 is 1.93 bits per heavy atom. The summed E-state index contributed by atoms with van der Waals surface area (Å²) in [6, 6.07) is 5.34. The van der Waals surface area contributed by atoms with Gasteiger partial charge in [0.1, 0.15) is 0 Å². The molecule has 0 unspecified atom stereocenters. The van der Waals surface area contributed by atoms with E-state index in [9.17, 15) is 9.59 Å². The second-order valence-corrected chi connectivity index (χ2v) is 3.14. The first-order valence-electron chi connectivity index (χ1n) is 4.35. The molecule has 0 amide bonds. The van der Waals surface area contributed by atoms with E-state index < -0.39 is 11.6 Å². The maximum absolute atomic E-state index is 11.5. The summed E-state index contributed by atoms with van der Waals surface area (Å²) in [5, 5.41) is 0. The van der Waals surface area contributed by atoms with Gasteiger partial charge in [-0.2, -0.15) is 0 Å². The van der Waals surface area contributed by atoms with Crippen molar-refractivity contribution in [1.82, 2.24) is 0 Å². The van der Waals surface area contributed by atoms with Crippen molar-refractivity contribution >= 4 is 11.6 Å². The van der Waals surface area contributed by atoms with Crippen LogP contribution in [0, 0.1) is 13.8 Å². The summed E-state index contributed by atoms with van der Waals surface area (Å²) in [7, 11) is 0. The molecule has 1 rings (SSSR count). The molecule has 14 heavy (non-hydrogen) atoms. The van der Waals surface area contributed by atoms with Crippen molar-refractivity contribution in [3.05, 3.63) is 47.5 Å². The van der Waals surface area contributed by atoms with Gasteiger partial charge in [-0.3, -0.25) is 9.59 Å². The Bertz CT molecular complexity index is 403. The summed E-state index contributed by atoms with van der Waals surface area (Å²) < 4.78 is 0. The van der Waals surface area contributed by atoms with Crippen LogP contribution in [0.3, 0.4) is 0 Å². The summed E-state index contributed by atoms with van der Waals surface area (Å²) in [4.78, 5) is 22.6. The van der Waals surface area contributed by atoms with Crippen LogP contribution in [0.2, 0.25) is 0 Å². The average Bonchev–Trinajstić information content (AvgIpc) is 2.20. The average molecular weight is 188 g/mol. The molecule has 1 aromatic rings. The van der Waals surface area contributed by atoms with Crippen LogP contribution < -0.4 is 0 Å². The van der Waals surface area contributed by atoms with Gasteiger partial charge < -0.3 is 0 Å². The van der Waals surface area contributed by atoms with Crippen LogP contribution in [-0.4, -0.2) is 11.6 Å². The molecular formula is C12H12O2. The molecule has 0 saturated carbocycles. The van der Waals surface area contributed by atoms with Gasteiger partial charge in [0, 0.05) is 5.56 Å². The molecule has 0 saturated heterocycles. The molecule has 0 aliphatic heterocycles. The molecule has 1 aromatic carbocycles. The third-order valence-corrected chi connectivity index (χ3v) is 2.26. The highest BCUT2D eigenvalue weighted by Gasteiger charge is 2.15. The summed E-state index contributed by atoms with van der Waals surface area (Å²) in [5.41, 5.74) is 2.33. The van der Waals surface area contributed by atoms with E-state index in [1.54, 1.807) is 12.1 Å². The van der Waals surface area contributed by atoms with Crippen molar-refractivity contribution < 1.29 is 9.59 Å². The van der Waals surface area contributed by atoms with Crippen LogP contribution in [0.4, 0.5) is 0 Å². The summed E-state index contributed by atoms with van der Waals surface area (Å²) in [5.74, 6) is -1.04. The molecule has 0 spiro atoms.